The maximum atomic E-state index is 15.0. The third kappa shape index (κ3) is 3.36. The van der Waals surface area contributed by atoms with Crippen molar-refractivity contribution in [2.24, 2.45) is 10.7 Å². The molecule has 4 rings (SSSR count). The van der Waals surface area contributed by atoms with E-state index in [1.807, 2.05) is 24.3 Å². The Bertz CT molecular complexity index is 835. The number of nitrogens with one attached hydrogen (secondary N) is 1. The molecule has 1 saturated carbocycles. The summed E-state index contributed by atoms with van der Waals surface area (Å²) < 4.78 is 20.6. The molecule has 26 heavy (non-hydrogen) atoms. The number of fused-ring (bicyclic) bond motifs is 1. The molecule has 0 aromatic heterocycles. The molecule has 136 valence electrons. The lowest BCUT2D eigenvalue weighted by Crippen LogP contribution is -2.53. The zero-order valence-corrected chi connectivity index (χ0v) is 15.0. The number of hydrogen-bond donors (Lipinski definition) is 2. The van der Waals surface area contributed by atoms with Gasteiger partial charge in [-0.1, -0.05) is 41.9 Å². The first-order chi connectivity index (χ1) is 12.5. The molecule has 2 aromatic rings. The number of hydrogen-bond acceptors (Lipinski definition) is 2. The maximum absolute atomic E-state index is 15.0. The fourth-order valence-electron chi connectivity index (χ4n) is 3.70. The molecule has 0 bridgehead atoms. The highest BCUT2D eigenvalue weighted by atomic mass is 35.5. The van der Waals surface area contributed by atoms with E-state index in [9.17, 15) is 4.39 Å². The van der Waals surface area contributed by atoms with E-state index in [-0.39, 0.29) is 12.1 Å². The summed E-state index contributed by atoms with van der Waals surface area (Å²) in [4.78, 5) is 4.59. The first-order valence-electron chi connectivity index (χ1n) is 8.80. The summed E-state index contributed by atoms with van der Waals surface area (Å²) >= 11 is 5.97. The van der Waals surface area contributed by atoms with E-state index in [4.69, 9.17) is 22.1 Å². The van der Waals surface area contributed by atoms with Gasteiger partial charge in [0, 0.05) is 35.9 Å². The quantitative estimate of drug-likeness (QED) is 0.629. The fraction of sp³-hybridized carbons (Fsp3) is 0.350. The lowest BCUT2D eigenvalue weighted by atomic mass is 9.73. The Morgan fingerprint density at radius 3 is 2.85 bits per heavy atom. The third-order valence-corrected chi connectivity index (χ3v) is 5.29. The van der Waals surface area contributed by atoms with Crippen molar-refractivity contribution >= 4 is 17.6 Å². The van der Waals surface area contributed by atoms with Crippen LogP contribution in [0.25, 0.3) is 0 Å². The van der Waals surface area contributed by atoms with Crippen LogP contribution < -0.4 is 15.8 Å². The summed E-state index contributed by atoms with van der Waals surface area (Å²) in [5.74, 6) is 1.21. The number of aliphatic imine (C=N–C) groups is 1. The van der Waals surface area contributed by atoms with Crippen molar-refractivity contribution in [2.75, 3.05) is 6.61 Å². The SMILES string of the molecule is NC(=NC1CCOc2ccccc21)NC1CC(F)(c2cccc(Cl)c2)C1. The molecule has 3 N–H and O–H groups in total. The van der Waals surface area contributed by atoms with E-state index in [2.05, 4.69) is 10.3 Å². The zero-order chi connectivity index (χ0) is 18.1. The van der Waals surface area contributed by atoms with Gasteiger partial charge in [0.15, 0.2) is 5.96 Å². The van der Waals surface area contributed by atoms with Crippen LogP contribution >= 0.6 is 11.6 Å². The molecule has 1 heterocycles. The van der Waals surface area contributed by atoms with Gasteiger partial charge in [-0.05, 0) is 23.8 Å². The molecule has 0 spiro atoms. The van der Waals surface area contributed by atoms with E-state index in [0.29, 0.717) is 36.0 Å². The molecule has 0 radical (unpaired) electrons. The molecular formula is C20H21ClFN3O. The van der Waals surface area contributed by atoms with Crippen LogP contribution in [-0.2, 0) is 5.67 Å². The number of rotatable bonds is 3. The lowest BCUT2D eigenvalue weighted by Gasteiger charge is -2.42. The molecule has 4 nitrogen and oxygen atoms in total. The van der Waals surface area contributed by atoms with Gasteiger partial charge >= 0.3 is 0 Å². The largest absolute Gasteiger partial charge is 0.493 e. The summed E-state index contributed by atoms with van der Waals surface area (Å²) in [6.45, 7) is 0.615. The number of nitrogens with two attached hydrogens (primary N) is 1. The average Bonchev–Trinajstić information content (AvgIpc) is 2.60. The van der Waals surface area contributed by atoms with Crippen molar-refractivity contribution in [3.05, 3.63) is 64.7 Å². The fourth-order valence-corrected chi connectivity index (χ4v) is 3.89. The molecule has 6 heteroatoms. The van der Waals surface area contributed by atoms with Crippen molar-refractivity contribution in [3.63, 3.8) is 0 Å². The van der Waals surface area contributed by atoms with Crippen molar-refractivity contribution in [2.45, 2.75) is 37.0 Å². The van der Waals surface area contributed by atoms with Crippen molar-refractivity contribution in [1.82, 2.24) is 5.32 Å². The van der Waals surface area contributed by atoms with Crippen LogP contribution in [0.2, 0.25) is 5.02 Å². The molecular weight excluding hydrogens is 353 g/mol. The van der Waals surface area contributed by atoms with Gasteiger partial charge in [-0.3, -0.25) is 0 Å². The molecule has 1 aliphatic carbocycles. The second-order valence-corrected chi connectivity index (χ2v) is 7.37. The molecule has 2 aromatic carbocycles. The molecule has 1 aliphatic heterocycles. The molecule has 2 aliphatic rings. The summed E-state index contributed by atoms with van der Waals surface area (Å²) in [5.41, 5.74) is 6.38. The first kappa shape index (κ1) is 17.2. The number of para-hydroxylation sites is 1. The topological polar surface area (TPSA) is 59.6 Å². The predicted octanol–water partition coefficient (Wildman–Crippen LogP) is 4.10. The number of nitrogens with zero attached hydrogens (tertiary/aromatic N) is 1. The van der Waals surface area contributed by atoms with Crippen LogP contribution in [0.3, 0.4) is 0 Å². The smallest absolute Gasteiger partial charge is 0.189 e. The van der Waals surface area contributed by atoms with Gasteiger partial charge in [-0.15, -0.1) is 0 Å². The Hall–Kier alpha value is -2.27. The third-order valence-electron chi connectivity index (χ3n) is 5.06. The Morgan fingerprint density at radius 2 is 2.04 bits per heavy atom. The zero-order valence-electron chi connectivity index (χ0n) is 14.3. The van der Waals surface area contributed by atoms with E-state index in [0.717, 1.165) is 17.7 Å². The van der Waals surface area contributed by atoms with Gasteiger partial charge in [-0.2, -0.15) is 0 Å². The Balaban J connectivity index is 1.40. The van der Waals surface area contributed by atoms with Crippen LogP contribution in [0.4, 0.5) is 4.39 Å². The number of ether oxygens (including phenoxy) is 1. The predicted molar refractivity (Wildman–Crippen MR) is 101 cm³/mol. The lowest BCUT2D eigenvalue weighted by molar-refractivity contribution is 0.0326. The minimum Gasteiger partial charge on any atom is -0.493 e. The van der Waals surface area contributed by atoms with Crippen LogP contribution in [0.1, 0.15) is 36.4 Å². The highest BCUT2D eigenvalue weighted by molar-refractivity contribution is 6.30. The molecule has 1 fully saturated rings. The van der Waals surface area contributed by atoms with Crippen LogP contribution in [0, 0.1) is 0 Å². The summed E-state index contributed by atoms with van der Waals surface area (Å²) in [7, 11) is 0. The second kappa shape index (κ2) is 6.80. The van der Waals surface area contributed by atoms with E-state index in [1.165, 1.54) is 0 Å². The average molecular weight is 374 g/mol. The van der Waals surface area contributed by atoms with Crippen LogP contribution in [0.5, 0.6) is 5.75 Å². The van der Waals surface area contributed by atoms with Crippen molar-refractivity contribution in [3.8, 4) is 5.75 Å². The monoisotopic (exact) mass is 373 g/mol. The van der Waals surface area contributed by atoms with Gasteiger partial charge in [0.1, 0.15) is 11.4 Å². The number of benzene rings is 2. The Morgan fingerprint density at radius 1 is 1.23 bits per heavy atom. The Kier molecular flexibility index (Phi) is 4.49. The van der Waals surface area contributed by atoms with Gasteiger partial charge < -0.3 is 15.8 Å². The van der Waals surface area contributed by atoms with Crippen LogP contribution in [-0.4, -0.2) is 18.6 Å². The second-order valence-electron chi connectivity index (χ2n) is 6.93. The number of alkyl halides is 1. The molecule has 0 saturated heterocycles. The van der Waals surface area contributed by atoms with Gasteiger partial charge in [-0.25, -0.2) is 9.38 Å². The van der Waals surface area contributed by atoms with Gasteiger partial charge in [0.25, 0.3) is 0 Å². The standard InChI is InChI=1S/C20H21ClFN3O/c21-14-5-3-4-13(10-14)20(22)11-15(12-20)24-19(23)25-17-8-9-26-18-7-2-1-6-16(17)18/h1-7,10,15,17H,8-9,11-12H2,(H3,23,24,25). The van der Waals surface area contributed by atoms with Gasteiger partial charge in [0.05, 0.1) is 12.6 Å². The van der Waals surface area contributed by atoms with Crippen molar-refractivity contribution in [1.29, 1.82) is 0 Å². The summed E-state index contributed by atoms with van der Waals surface area (Å²) in [6.07, 6.45) is 1.49. The highest BCUT2D eigenvalue weighted by Crippen LogP contribution is 2.45. The minimum atomic E-state index is -1.35. The highest BCUT2D eigenvalue weighted by Gasteiger charge is 2.46. The normalized spacial score (nSPS) is 27.8. The molecule has 1 atom stereocenters. The minimum absolute atomic E-state index is 0.0298. The van der Waals surface area contributed by atoms with E-state index < -0.39 is 5.67 Å². The summed E-state index contributed by atoms with van der Waals surface area (Å²) in [5, 5.41) is 3.70. The summed E-state index contributed by atoms with van der Waals surface area (Å²) in [6, 6.07) is 14.8. The maximum Gasteiger partial charge on any atom is 0.189 e. The Labute approximate surface area is 157 Å². The van der Waals surface area contributed by atoms with Gasteiger partial charge in [0.2, 0.25) is 0 Å². The van der Waals surface area contributed by atoms with Crippen LogP contribution in [0.15, 0.2) is 53.5 Å². The molecule has 0 amide bonds. The molecule has 1 unspecified atom stereocenters. The van der Waals surface area contributed by atoms with E-state index >= 15 is 0 Å². The number of guanidine groups is 1. The first-order valence-corrected chi connectivity index (χ1v) is 9.18. The van der Waals surface area contributed by atoms with E-state index in [1.54, 1.807) is 24.3 Å². The van der Waals surface area contributed by atoms with Crippen molar-refractivity contribution < 1.29 is 9.13 Å². The number of halogens is 2.